The van der Waals surface area contributed by atoms with Crippen LogP contribution in [0.5, 0.6) is 0 Å². The van der Waals surface area contributed by atoms with Crippen LogP contribution in [-0.2, 0) is 0 Å². The first-order chi connectivity index (χ1) is 6.77. The number of rotatable bonds is 4. The minimum Gasteiger partial charge on any atom is -0.330 e. The van der Waals surface area contributed by atoms with E-state index in [0.29, 0.717) is 5.92 Å². The van der Waals surface area contributed by atoms with E-state index in [2.05, 4.69) is 18.7 Å². The van der Waals surface area contributed by atoms with E-state index in [4.69, 9.17) is 5.73 Å². The number of likely N-dealkylation sites (tertiary alicyclic amines) is 1. The molecule has 0 aromatic rings. The quantitative estimate of drug-likeness (QED) is 0.750. The van der Waals surface area contributed by atoms with E-state index in [1.54, 1.807) is 0 Å². The number of hydrogen-bond donors (Lipinski definition) is 1. The van der Waals surface area contributed by atoms with Crippen molar-refractivity contribution in [3.63, 3.8) is 0 Å². The monoisotopic (exact) mass is 198 g/mol. The minimum absolute atomic E-state index is 0.704. The summed E-state index contributed by atoms with van der Waals surface area (Å²) < 4.78 is 0. The van der Waals surface area contributed by atoms with Crippen LogP contribution in [0.25, 0.3) is 0 Å². The number of hydrogen-bond acceptors (Lipinski definition) is 2. The zero-order chi connectivity index (χ0) is 10.4. The molecule has 0 aromatic carbocycles. The molecule has 0 aromatic heterocycles. The maximum Gasteiger partial charge on any atom is 0.00670 e. The molecule has 0 spiro atoms. The highest BCUT2D eigenvalue weighted by Gasteiger charge is 2.18. The third kappa shape index (κ3) is 3.58. The van der Waals surface area contributed by atoms with Gasteiger partial charge in [0.25, 0.3) is 0 Å². The average molecular weight is 198 g/mol. The molecule has 0 bridgehead atoms. The summed E-state index contributed by atoms with van der Waals surface area (Å²) in [6.45, 7) is 7.97. The molecule has 2 heteroatoms. The maximum atomic E-state index is 5.76. The lowest BCUT2D eigenvalue weighted by Crippen LogP contribution is -2.38. The molecule has 1 heterocycles. The van der Waals surface area contributed by atoms with Crippen LogP contribution >= 0.6 is 0 Å². The molecule has 14 heavy (non-hydrogen) atoms. The zero-order valence-corrected chi connectivity index (χ0v) is 9.84. The second-order valence-corrected chi connectivity index (χ2v) is 4.70. The SMILES string of the molecule is CCC(CN)CN1CCCCCC1C. The van der Waals surface area contributed by atoms with Crippen LogP contribution in [0.2, 0.25) is 0 Å². The van der Waals surface area contributed by atoms with Crippen molar-refractivity contribution in [3.05, 3.63) is 0 Å². The second kappa shape index (κ2) is 6.41. The second-order valence-electron chi connectivity index (χ2n) is 4.70. The fourth-order valence-corrected chi connectivity index (χ4v) is 2.31. The first kappa shape index (κ1) is 12.0. The molecule has 84 valence electrons. The Morgan fingerprint density at radius 3 is 2.79 bits per heavy atom. The Bertz CT molecular complexity index is 143. The summed E-state index contributed by atoms with van der Waals surface area (Å²) >= 11 is 0. The molecule has 2 nitrogen and oxygen atoms in total. The molecule has 1 aliphatic heterocycles. The van der Waals surface area contributed by atoms with Gasteiger partial charge in [-0.05, 0) is 38.8 Å². The summed E-state index contributed by atoms with van der Waals surface area (Å²) in [5.41, 5.74) is 5.76. The highest BCUT2D eigenvalue weighted by molar-refractivity contribution is 4.74. The summed E-state index contributed by atoms with van der Waals surface area (Å²) in [6.07, 6.45) is 6.81. The Kier molecular flexibility index (Phi) is 5.49. The molecule has 2 atom stereocenters. The molecule has 0 radical (unpaired) electrons. The van der Waals surface area contributed by atoms with Gasteiger partial charge in [0, 0.05) is 12.6 Å². The van der Waals surface area contributed by atoms with Crippen molar-refractivity contribution in [2.45, 2.75) is 52.0 Å². The van der Waals surface area contributed by atoms with Crippen molar-refractivity contribution in [3.8, 4) is 0 Å². The molecule has 0 saturated carbocycles. The Morgan fingerprint density at radius 2 is 2.14 bits per heavy atom. The van der Waals surface area contributed by atoms with Crippen molar-refractivity contribution in [1.29, 1.82) is 0 Å². The molecule has 2 unspecified atom stereocenters. The van der Waals surface area contributed by atoms with Gasteiger partial charge in [-0.25, -0.2) is 0 Å². The van der Waals surface area contributed by atoms with E-state index in [-0.39, 0.29) is 0 Å². The molecule has 1 fully saturated rings. The molecule has 1 saturated heterocycles. The highest BCUT2D eigenvalue weighted by atomic mass is 15.2. The van der Waals surface area contributed by atoms with E-state index in [9.17, 15) is 0 Å². The van der Waals surface area contributed by atoms with Crippen LogP contribution in [0.3, 0.4) is 0 Å². The molecule has 0 aliphatic carbocycles. The zero-order valence-electron chi connectivity index (χ0n) is 9.84. The van der Waals surface area contributed by atoms with Crippen LogP contribution in [0.4, 0.5) is 0 Å². The maximum absolute atomic E-state index is 5.76. The van der Waals surface area contributed by atoms with Gasteiger partial charge in [-0.2, -0.15) is 0 Å². The third-order valence-electron chi connectivity index (χ3n) is 3.59. The normalized spacial score (nSPS) is 27.2. The van der Waals surface area contributed by atoms with Crippen molar-refractivity contribution >= 4 is 0 Å². The van der Waals surface area contributed by atoms with E-state index >= 15 is 0 Å². The predicted octanol–water partition coefficient (Wildman–Crippen LogP) is 2.24. The van der Waals surface area contributed by atoms with Crippen molar-refractivity contribution in [2.24, 2.45) is 11.7 Å². The standard InChI is InChI=1S/C12H26N2/c1-3-12(9-13)10-14-8-6-4-5-7-11(14)2/h11-12H,3-10,13H2,1-2H3. The van der Waals surface area contributed by atoms with E-state index in [1.807, 2.05) is 0 Å². The van der Waals surface area contributed by atoms with E-state index in [1.165, 1.54) is 45.2 Å². The summed E-state index contributed by atoms with van der Waals surface area (Å²) in [5, 5.41) is 0. The van der Waals surface area contributed by atoms with Gasteiger partial charge in [-0.15, -0.1) is 0 Å². The summed E-state index contributed by atoms with van der Waals surface area (Å²) in [5.74, 6) is 0.704. The van der Waals surface area contributed by atoms with Gasteiger partial charge in [-0.1, -0.05) is 26.2 Å². The topological polar surface area (TPSA) is 29.3 Å². The van der Waals surface area contributed by atoms with Gasteiger partial charge in [0.2, 0.25) is 0 Å². The minimum atomic E-state index is 0.704. The molecule has 1 aliphatic rings. The first-order valence-corrected chi connectivity index (χ1v) is 6.22. The van der Waals surface area contributed by atoms with Crippen molar-refractivity contribution in [2.75, 3.05) is 19.6 Å². The molecule has 1 rings (SSSR count). The lowest BCUT2D eigenvalue weighted by atomic mass is 10.0. The van der Waals surface area contributed by atoms with Crippen LogP contribution < -0.4 is 5.73 Å². The van der Waals surface area contributed by atoms with Crippen molar-refractivity contribution in [1.82, 2.24) is 4.90 Å². The van der Waals surface area contributed by atoms with Gasteiger partial charge >= 0.3 is 0 Å². The Hall–Kier alpha value is -0.0800. The average Bonchev–Trinajstić information content (AvgIpc) is 2.40. The van der Waals surface area contributed by atoms with Crippen LogP contribution in [0.1, 0.15) is 46.0 Å². The smallest absolute Gasteiger partial charge is 0.00670 e. The fraction of sp³-hybridized carbons (Fsp3) is 1.00. The summed E-state index contributed by atoms with van der Waals surface area (Å²) in [7, 11) is 0. The molecular weight excluding hydrogens is 172 g/mol. The fourth-order valence-electron chi connectivity index (χ4n) is 2.31. The van der Waals surface area contributed by atoms with E-state index in [0.717, 1.165) is 12.6 Å². The number of nitrogens with zero attached hydrogens (tertiary/aromatic N) is 1. The van der Waals surface area contributed by atoms with Gasteiger partial charge < -0.3 is 10.6 Å². The van der Waals surface area contributed by atoms with Gasteiger partial charge in [0.1, 0.15) is 0 Å². The van der Waals surface area contributed by atoms with Crippen LogP contribution in [-0.4, -0.2) is 30.6 Å². The van der Waals surface area contributed by atoms with Gasteiger partial charge in [-0.3, -0.25) is 0 Å². The Labute approximate surface area is 88.8 Å². The largest absolute Gasteiger partial charge is 0.330 e. The van der Waals surface area contributed by atoms with Crippen LogP contribution in [0.15, 0.2) is 0 Å². The highest BCUT2D eigenvalue weighted by Crippen LogP contribution is 2.18. The Balaban J connectivity index is 2.39. The predicted molar refractivity (Wildman–Crippen MR) is 62.3 cm³/mol. The summed E-state index contributed by atoms with van der Waals surface area (Å²) in [4.78, 5) is 2.65. The van der Waals surface area contributed by atoms with Crippen molar-refractivity contribution < 1.29 is 0 Å². The van der Waals surface area contributed by atoms with Gasteiger partial charge in [0.05, 0.1) is 0 Å². The van der Waals surface area contributed by atoms with Crippen LogP contribution in [0, 0.1) is 5.92 Å². The summed E-state index contributed by atoms with van der Waals surface area (Å²) in [6, 6.07) is 0.776. The Morgan fingerprint density at radius 1 is 1.36 bits per heavy atom. The first-order valence-electron chi connectivity index (χ1n) is 6.22. The lowest BCUT2D eigenvalue weighted by molar-refractivity contribution is 0.180. The van der Waals surface area contributed by atoms with Gasteiger partial charge in [0.15, 0.2) is 0 Å². The molecular formula is C12H26N2. The lowest BCUT2D eigenvalue weighted by Gasteiger charge is -2.30. The molecule has 0 amide bonds. The molecule has 2 N–H and O–H groups in total. The van der Waals surface area contributed by atoms with E-state index < -0.39 is 0 Å². The number of nitrogens with two attached hydrogens (primary N) is 1. The third-order valence-corrected chi connectivity index (χ3v) is 3.59.